The summed E-state index contributed by atoms with van der Waals surface area (Å²) in [5, 5.41) is 0. The Bertz CT molecular complexity index is 299. The lowest BCUT2D eigenvalue weighted by Crippen LogP contribution is -2.45. The summed E-state index contributed by atoms with van der Waals surface area (Å²) in [6, 6.07) is 1.20. The molecular formula is C13H24O3Si. The van der Waals surface area contributed by atoms with Gasteiger partial charge in [0.25, 0.3) is 0 Å². The Morgan fingerprint density at radius 2 is 2.24 bits per heavy atom. The minimum absolute atomic E-state index is 0.0821. The first-order valence-corrected chi connectivity index (χ1v) is 9.51. The highest BCUT2D eigenvalue weighted by Gasteiger charge is 2.35. The van der Waals surface area contributed by atoms with Gasteiger partial charge in [0.2, 0.25) is 0 Å². The van der Waals surface area contributed by atoms with Gasteiger partial charge in [0.15, 0.2) is 8.32 Å². The molecule has 1 rings (SSSR count). The summed E-state index contributed by atoms with van der Waals surface area (Å²) in [5.41, 5.74) is 0.454. The summed E-state index contributed by atoms with van der Waals surface area (Å²) in [4.78, 5) is 11.6. The molecule has 1 aliphatic rings. The Labute approximate surface area is 105 Å². The monoisotopic (exact) mass is 256 g/mol. The van der Waals surface area contributed by atoms with Crippen LogP contribution in [0, 0.1) is 0 Å². The van der Waals surface area contributed by atoms with Crippen molar-refractivity contribution < 1.29 is 14.0 Å². The maximum atomic E-state index is 11.6. The van der Waals surface area contributed by atoms with Crippen LogP contribution >= 0.6 is 0 Å². The average molecular weight is 256 g/mol. The van der Waals surface area contributed by atoms with Gasteiger partial charge in [-0.05, 0) is 38.9 Å². The highest BCUT2D eigenvalue weighted by molar-refractivity contribution is 6.71. The first-order valence-electron chi connectivity index (χ1n) is 6.40. The second kappa shape index (κ2) is 5.82. The largest absolute Gasteiger partial charge is 0.456 e. The van der Waals surface area contributed by atoms with Gasteiger partial charge in [0.05, 0.1) is 6.10 Å². The summed E-state index contributed by atoms with van der Waals surface area (Å²) < 4.78 is 11.6. The van der Waals surface area contributed by atoms with E-state index in [1.807, 2.05) is 6.92 Å². The van der Waals surface area contributed by atoms with Crippen molar-refractivity contribution in [3.8, 4) is 0 Å². The molecule has 17 heavy (non-hydrogen) atoms. The topological polar surface area (TPSA) is 35.5 Å². The van der Waals surface area contributed by atoms with Crippen molar-refractivity contribution in [3.05, 3.63) is 12.2 Å². The number of ether oxygens (including phenoxy) is 1. The van der Waals surface area contributed by atoms with E-state index in [9.17, 15) is 4.79 Å². The maximum Gasteiger partial charge on any atom is 0.333 e. The summed E-state index contributed by atoms with van der Waals surface area (Å²) in [7, 11) is -1.52. The zero-order valence-electron chi connectivity index (χ0n) is 11.4. The van der Waals surface area contributed by atoms with Crippen LogP contribution in [0.15, 0.2) is 12.2 Å². The molecule has 3 nitrogen and oxygen atoms in total. The zero-order valence-corrected chi connectivity index (χ0v) is 12.4. The fourth-order valence-electron chi connectivity index (χ4n) is 2.18. The van der Waals surface area contributed by atoms with Crippen LogP contribution in [-0.4, -0.2) is 26.5 Å². The van der Waals surface area contributed by atoms with Gasteiger partial charge in [-0.25, -0.2) is 4.79 Å². The highest BCUT2D eigenvalue weighted by Crippen LogP contribution is 2.29. The molecular weight excluding hydrogens is 232 g/mol. The molecule has 0 spiro atoms. The molecule has 0 aliphatic carbocycles. The third-order valence-electron chi connectivity index (χ3n) is 3.16. The van der Waals surface area contributed by atoms with Gasteiger partial charge in [0, 0.05) is 5.57 Å². The Kier molecular flexibility index (Phi) is 4.95. The van der Waals surface area contributed by atoms with E-state index in [1.54, 1.807) is 6.92 Å². The van der Waals surface area contributed by atoms with Crippen LogP contribution in [0.3, 0.4) is 0 Å². The second-order valence-corrected chi connectivity index (χ2v) is 9.70. The van der Waals surface area contributed by atoms with Crippen LogP contribution in [0.2, 0.25) is 19.1 Å². The Morgan fingerprint density at radius 3 is 2.71 bits per heavy atom. The molecule has 4 heteroatoms. The van der Waals surface area contributed by atoms with E-state index in [4.69, 9.17) is 9.16 Å². The maximum absolute atomic E-state index is 11.6. The number of esters is 1. The summed E-state index contributed by atoms with van der Waals surface area (Å²) >= 11 is 0. The molecule has 0 radical (unpaired) electrons. The minimum Gasteiger partial charge on any atom is -0.456 e. The molecule has 0 amide bonds. The Hall–Kier alpha value is -0.613. The van der Waals surface area contributed by atoms with Gasteiger partial charge in [-0.1, -0.05) is 19.9 Å². The molecule has 0 aromatic carbocycles. The van der Waals surface area contributed by atoms with Gasteiger partial charge in [-0.2, -0.15) is 0 Å². The Balaban J connectivity index is 2.61. The quantitative estimate of drug-likeness (QED) is 0.440. The lowest BCUT2D eigenvalue weighted by Gasteiger charge is -2.38. The number of rotatable bonds is 4. The van der Waals surface area contributed by atoms with Crippen molar-refractivity contribution >= 4 is 14.3 Å². The first-order chi connectivity index (χ1) is 7.85. The van der Waals surface area contributed by atoms with Gasteiger partial charge >= 0.3 is 5.97 Å². The molecule has 0 aromatic heterocycles. The van der Waals surface area contributed by atoms with Crippen LogP contribution < -0.4 is 0 Å². The van der Waals surface area contributed by atoms with E-state index in [0.717, 1.165) is 12.8 Å². The first kappa shape index (κ1) is 14.4. The van der Waals surface area contributed by atoms with Crippen LogP contribution in [0.5, 0.6) is 0 Å². The smallest absolute Gasteiger partial charge is 0.333 e. The van der Waals surface area contributed by atoms with E-state index in [2.05, 4.69) is 19.7 Å². The highest BCUT2D eigenvalue weighted by atomic mass is 28.4. The van der Waals surface area contributed by atoms with Crippen molar-refractivity contribution in [1.82, 2.24) is 0 Å². The number of carbonyl (C=O) groups excluding carboxylic acids is 1. The average Bonchev–Trinajstić information content (AvgIpc) is 2.23. The minimum atomic E-state index is -1.52. The van der Waals surface area contributed by atoms with Crippen LogP contribution in [0.4, 0.5) is 0 Å². The normalized spacial score (nSPS) is 25.1. The van der Waals surface area contributed by atoms with Gasteiger partial charge in [0.1, 0.15) is 6.10 Å². The fourth-order valence-corrected chi connectivity index (χ4v) is 4.44. The van der Waals surface area contributed by atoms with Crippen molar-refractivity contribution in [1.29, 1.82) is 0 Å². The fraction of sp³-hybridized carbons (Fsp3) is 0.769. The predicted molar refractivity (Wildman–Crippen MR) is 71.4 cm³/mol. The molecule has 2 unspecified atom stereocenters. The second-order valence-electron chi connectivity index (χ2n) is 5.44. The molecule has 98 valence electrons. The van der Waals surface area contributed by atoms with Crippen LogP contribution in [0.1, 0.15) is 33.1 Å². The molecule has 0 bridgehead atoms. The SMILES string of the molecule is C=C(C)C(=O)OC(CC)C1CCC[Si](C)(C)O1. The molecule has 0 aromatic rings. The lowest BCUT2D eigenvalue weighted by atomic mass is 10.1. The third kappa shape index (κ3) is 4.28. The van der Waals surface area contributed by atoms with E-state index in [-0.39, 0.29) is 18.2 Å². The predicted octanol–water partition coefficient (Wildman–Crippen LogP) is 3.27. The summed E-state index contributed by atoms with van der Waals surface area (Å²) in [6.07, 6.45) is 2.95. The number of hydrogen-bond donors (Lipinski definition) is 0. The third-order valence-corrected chi connectivity index (χ3v) is 5.66. The van der Waals surface area contributed by atoms with Gasteiger partial charge in [-0.3, -0.25) is 0 Å². The van der Waals surface area contributed by atoms with E-state index in [1.165, 1.54) is 12.5 Å². The molecule has 1 aliphatic heterocycles. The molecule has 1 heterocycles. The van der Waals surface area contributed by atoms with Gasteiger partial charge < -0.3 is 9.16 Å². The van der Waals surface area contributed by atoms with Crippen LogP contribution in [-0.2, 0) is 14.0 Å². The number of carbonyl (C=O) groups is 1. The number of hydrogen-bond acceptors (Lipinski definition) is 3. The van der Waals surface area contributed by atoms with Gasteiger partial charge in [-0.15, -0.1) is 0 Å². The van der Waals surface area contributed by atoms with E-state index < -0.39 is 8.32 Å². The lowest BCUT2D eigenvalue weighted by molar-refractivity contribution is -0.150. The van der Waals surface area contributed by atoms with Crippen molar-refractivity contribution in [2.75, 3.05) is 0 Å². The zero-order chi connectivity index (χ0) is 13.1. The van der Waals surface area contributed by atoms with E-state index in [0.29, 0.717) is 5.57 Å². The van der Waals surface area contributed by atoms with Crippen molar-refractivity contribution in [3.63, 3.8) is 0 Å². The molecule has 0 N–H and O–H groups in total. The summed E-state index contributed by atoms with van der Waals surface area (Å²) in [6.45, 7) is 11.8. The van der Waals surface area contributed by atoms with Crippen LogP contribution in [0.25, 0.3) is 0 Å². The Morgan fingerprint density at radius 1 is 1.59 bits per heavy atom. The van der Waals surface area contributed by atoms with Crippen molar-refractivity contribution in [2.45, 2.75) is 64.5 Å². The standard InChI is InChI=1S/C13H24O3Si/c1-6-11(15-13(14)10(2)3)12-8-7-9-17(4,5)16-12/h11-12H,2,6-9H2,1,3-5H3. The molecule has 0 saturated carbocycles. The summed E-state index contributed by atoms with van der Waals surface area (Å²) in [5.74, 6) is -0.300. The van der Waals surface area contributed by atoms with E-state index >= 15 is 0 Å². The van der Waals surface area contributed by atoms with Crippen molar-refractivity contribution in [2.24, 2.45) is 0 Å². The molecule has 2 atom stereocenters. The molecule has 1 fully saturated rings. The molecule has 1 saturated heterocycles.